The van der Waals surface area contributed by atoms with Gasteiger partial charge in [-0.25, -0.2) is 0 Å². The molecule has 21 heavy (non-hydrogen) atoms. The summed E-state index contributed by atoms with van der Waals surface area (Å²) in [5, 5.41) is 12.9. The number of nitrogens with zero attached hydrogens (tertiary/aromatic N) is 3. The van der Waals surface area contributed by atoms with E-state index in [1.54, 1.807) is 0 Å². The van der Waals surface area contributed by atoms with Gasteiger partial charge in [0.15, 0.2) is 0 Å². The van der Waals surface area contributed by atoms with Gasteiger partial charge in [0.05, 0.1) is 6.07 Å². The molecule has 0 aromatic carbocycles. The summed E-state index contributed by atoms with van der Waals surface area (Å²) in [6.07, 6.45) is 3.45. The summed E-state index contributed by atoms with van der Waals surface area (Å²) in [6, 6.07) is 3.27. The summed E-state index contributed by atoms with van der Waals surface area (Å²) in [5.74, 6) is 0.833. The molecule has 1 aliphatic heterocycles. The van der Waals surface area contributed by atoms with Crippen molar-refractivity contribution in [1.29, 1.82) is 5.26 Å². The van der Waals surface area contributed by atoms with Gasteiger partial charge in [-0.05, 0) is 80.1 Å². The van der Waals surface area contributed by atoms with Crippen LogP contribution in [0.4, 0.5) is 0 Å². The number of likely N-dealkylation sites (tertiary alicyclic amines) is 1. The highest BCUT2D eigenvalue weighted by molar-refractivity contribution is 5.06. The summed E-state index contributed by atoms with van der Waals surface area (Å²) in [5.41, 5.74) is -0.423. The normalized spacial score (nSPS) is 22.2. The lowest BCUT2D eigenvalue weighted by atomic mass is 9.90. The zero-order valence-corrected chi connectivity index (χ0v) is 14.8. The molecule has 0 bridgehead atoms. The second-order valence-corrected chi connectivity index (χ2v) is 7.54. The molecule has 1 fully saturated rings. The molecular formula is C17H34N4. The molecular weight excluding hydrogens is 260 g/mol. The first-order valence-corrected chi connectivity index (χ1v) is 8.33. The van der Waals surface area contributed by atoms with E-state index >= 15 is 0 Å². The third-order valence-corrected chi connectivity index (χ3v) is 4.45. The molecule has 1 heterocycles. The largest absolute Gasteiger partial charge is 0.309 e. The molecule has 0 aliphatic carbocycles. The molecule has 0 spiro atoms. The highest BCUT2D eigenvalue weighted by Crippen LogP contribution is 2.23. The van der Waals surface area contributed by atoms with Gasteiger partial charge in [0.25, 0.3) is 0 Å². The molecule has 0 saturated carbocycles. The third-order valence-electron chi connectivity index (χ3n) is 4.45. The van der Waals surface area contributed by atoms with Crippen LogP contribution in [0.15, 0.2) is 0 Å². The summed E-state index contributed by atoms with van der Waals surface area (Å²) in [7, 11) is 4.32. The fourth-order valence-electron chi connectivity index (χ4n) is 3.59. The lowest BCUT2D eigenvalue weighted by molar-refractivity contribution is 0.111. The zero-order chi connectivity index (χ0) is 16.0. The summed E-state index contributed by atoms with van der Waals surface area (Å²) >= 11 is 0. The molecule has 0 radical (unpaired) electrons. The number of hydrogen-bond donors (Lipinski definition) is 1. The molecule has 1 saturated heterocycles. The Balaban J connectivity index is 2.46. The summed E-state index contributed by atoms with van der Waals surface area (Å²) in [4.78, 5) is 4.85. The van der Waals surface area contributed by atoms with E-state index in [1.807, 2.05) is 6.92 Å². The molecule has 1 rings (SSSR count). The second-order valence-electron chi connectivity index (χ2n) is 7.54. The maximum Gasteiger partial charge on any atom is 0.105 e. The first-order valence-electron chi connectivity index (χ1n) is 8.33. The van der Waals surface area contributed by atoms with Crippen molar-refractivity contribution in [2.45, 2.75) is 64.6 Å². The van der Waals surface area contributed by atoms with Gasteiger partial charge < -0.3 is 9.80 Å². The predicted octanol–water partition coefficient (Wildman–Crippen LogP) is 2.32. The first-order chi connectivity index (χ1) is 9.75. The monoisotopic (exact) mass is 294 g/mol. The van der Waals surface area contributed by atoms with Crippen molar-refractivity contribution in [3.05, 3.63) is 0 Å². The van der Waals surface area contributed by atoms with Crippen LogP contribution in [0.25, 0.3) is 0 Å². The quantitative estimate of drug-likeness (QED) is 0.782. The van der Waals surface area contributed by atoms with Crippen molar-refractivity contribution in [1.82, 2.24) is 15.1 Å². The molecule has 4 heteroatoms. The minimum Gasteiger partial charge on any atom is -0.309 e. The van der Waals surface area contributed by atoms with Gasteiger partial charge in [-0.15, -0.1) is 0 Å². The minimum absolute atomic E-state index is 0.340. The highest BCUT2D eigenvalue weighted by atomic mass is 15.2. The Bertz CT molecular complexity index is 339. The van der Waals surface area contributed by atoms with Crippen LogP contribution >= 0.6 is 0 Å². The summed E-state index contributed by atoms with van der Waals surface area (Å²) < 4.78 is 0. The van der Waals surface area contributed by atoms with E-state index in [0.717, 1.165) is 12.3 Å². The lowest BCUT2D eigenvalue weighted by Crippen LogP contribution is -2.51. The molecule has 2 unspecified atom stereocenters. The van der Waals surface area contributed by atoms with Crippen molar-refractivity contribution in [3.63, 3.8) is 0 Å². The van der Waals surface area contributed by atoms with Crippen LogP contribution in [0.2, 0.25) is 0 Å². The van der Waals surface area contributed by atoms with Crippen LogP contribution < -0.4 is 5.32 Å². The van der Waals surface area contributed by atoms with Crippen LogP contribution in [-0.4, -0.2) is 61.2 Å². The summed E-state index contributed by atoms with van der Waals surface area (Å²) in [6.45, 7) is 12.0. The van der Waals surface area contributed by atoms with Crippen LogP contribution in [-0.2, 0) is 0 Å². The average Bonchev–Trinajstić information content (AvgIpc) is 2.37. The topological polar surface area (TPSA) is 42.3 Å². The fourth-order valence-corrected chi connectivity index (χ4v) is 3.59. The predicted molar refractivity (Wildman–Crippen MR) is 89.2 cm³/mol. The van der Waals surface area contributed by atoms with E-state index in [0.29, 0.717) is 12.1 Å². The number of hydrogen-bond acceptors (Lipinski definition) is 4. The maximum atomic E-state index is 9.49. The zero-order valence-electron chi connectivity index (χ0n) is 14.8. The van der Waals surface area contributed by atoms with Crippen molar-refractivity contribution >= 4 is 0 Å². The molecule has 4 nitrogen and oxygen atoms in total. The SMILES string of the molecule is CC(C)NC(C)(C#N)CC(C)N1CCC(CN(C)C)CC1. The van der Waals surface area contributed by atoms with Gasteiger partial charge in [-0.1, -0.05) is 0 Å². The van der Waals surface area contributed by atoms with Crippen molar-refractivity contribution in [2.24, 2.45) is 5.92 Å². The lowest BCUT2D eigenvalue weighted by Gasteiger charge is -2.39. The standard InChI is InChI=1S/C17H34N4/c1-14(2)19-17(4,13-18)11-15(3)21-9-7-16(8-10-21)12-20(5)6/h14-16,19H,7-12H2,1-6H3. The number of piperidine rings is 1. The van der Waals surface area contributed by atoms with E-state index in [1.165, 1.54) is 32.5 Å². The molecule has 0 amide bonds. The van der Waals surface area contributed by atoms with Gasteiger partial charge in [-0.2, -0.15) is 5.26 Å². The van der Waals surface area contributed by atoms with Gasteiger partial charge in [0.1, 0.15) is 5.54 Å². The van der Waals surface area contributed by atoms with E-state index in [-0.39, 0.29) is 0 Å². The van der Waals surface area contributed by atoms with Crippen molar-refractivity contribution in [3.8, 4) is 6.07 Å². The van der Waals surface area contributed by atoms with Crippen LogP contribution in [0.5, 0.6) is 0 Å². The molecule has 2 atom stereocenters. The second kappa shape index (κ2) is 8.12. The van der Waals surface area contributed by atoms with Crippen molar-refractivity contribution < 1.29 is 0 Å². The van der Waals surface area contributed by atoms with E-state index in [2.05, 4.69) is 56.1 Å². The van der Waals surface area contributed by atoms with Gasteiger partial charge in [-0.3, -0.25) is 5.32 Å². The van der Waals surface area contributed by atoms with E-state index < -0.39 is 5.54 Å². The minimum atomic E-state index is -0.423. The maximum absolute atomic E-state index is 9.49. The number of nitrogens with one attached hydrogen (secondary N) is 1. The third kappa shape index (κ3) is 6.34. The van der Waals surface area contributed by atoms with Crippen LogP contribution in [0.1, 0.15) is 47.0 Å². The van der Waals surface area contributed by atoms with Crippen LogP contribution in [0.3, 0.4) is 0 Å². The van der Waals surface area contributed by atoms with E-state index in [9.17, 15) is 5.26 Å². The Hall–Kier alpha value is -0.630. The Morgan fingerprint density at radius 2 is 1.86 bits per heavy atom. The molecule has 0 aromatic rings. The number of rotatable bonds is 7. The first kappa shape index (κ1) is 18.4. The van der Waals surface area contributed by atoms with Gasteiger partial charge in [0.2, 0.25) is 0 Å². The Morgan fingerprint density at radius 3 is 2.29 bits per heavy atom. The Labute approximate surface area is 131 Å². The van der Waals surface area contributed by atoms with Gasteiger partial charge in [0, 0.05) is 18.6 Å². The number of nitriles is 1. The molecule has 122 valence electrons. The van der Waals surface area contributed by atoms with Crippen molar-refractivity contribution in [2.75, 3.05) is 33.7 Å². The Kier molecular flexibility index (Phi) is 7.12. The smallest absolute Gasteiger partial charge is 0.105 e. The molecule has 1 N–H and O–H groups in total. The average molecular weight is 294 g/mol. The van der Waals surface area contributed by atoms with E-state index in [4.69, 9.17) is 0 Å². The highest BCUT2D eigenvalue weighted by Gasteiger charge is 2.31. The van der Waals surface area contributed by atoms with Gasteiger partial charge >= 0.3 is 0 Å². The van der Waals surface area contributed by atoms with Crippen LogP contribution in [0, 0.1) is 17.2 Å². The molecule has 1 aliphatic rings. The Morgan fingerprint density at radius 1 is 1.29 bits per heavy atom. The fraction of sp³-hybridized carbons (Fsp3) is 0.941. The molecule has 0 aromatic heterocycles.